The van der Waals surface area contributed by atoms with E-state index in [9.17, 15) is 4.79 Å². The number of halogens is 1. The second kappa shape index (κ2) is 4.63. The Morgan fingerprint density at radius 3 is 2.50 bits per heavy atom. The van der Waals surface area contributed by atoms with Crippen LogP contribution in [-0.4, -0.2) is 4.98 Å². The first-order valence-corrected chi connectivity index (χ1v) is 5.68. The highest BCUT2D eigenvalue weighted by Crippen LogP contribution is 2.22. The highest BCUT2D eigenvalue weighted by molar-refractivity contribution is 9.10. The lowest BCUT2D eigenvalue weighted by molar-refractivity contribution is 1.02. The van der Waals surface area contributed by atoms with E-state index in [1.54, 1.807) is 6.20 Å². The summed E-state index contributed by atoms with van der Waals surface area (Å²) in [4.78, 5) is 14.2. The highest BCUT2D eigenvalue weighted by Gasteiger charge is 2.06. The highest BCUT2D eigenvalue weighted by atomic mass is 79.9. The van der Waals surface area contributed by atoms with Crippen molar-refractivity contribution in [2.75, 3.05) is 0 Å². The van der Waals surface area contributed by atoms with Gasteiger partial charge in [0.2, 0.25) is 0 Å². The second-order valence-corrected chi connectivity index (χ2v) is 4.33. The van der Waals surface area contributed by atoms with Gasteiger partial charge in [0.25, 0.3) is 5.56 Å². The van der Waals surface area contributed by atoms with Gasteiger partial charge in [-0.1, -0.05) is 28.1 Å². The Kier molecular flexibility index (Phi) is 3.22. The number of H-pyrrole nitrogens is 1. The van der Waals surface area contributed by atoms with Gasteiger partial charge in [0.05, 0.1) is 0 Å². The molecule has 2 rings (SSSR count). The monoisotopic (exact) mass is 278 g/mol. The molecule has 0 atom stereocenters. The summed E-state index contributed by atoms with van der Waals surface area (Å²) in [5.74, 6) is 0. The van der Waals surface area contributed by atoms with Crippen LogP contribution >= 0.6 is 15.9 Å². The Bertz CT molecular complexity index is 546. The standard InChI is InChI=1S/C12H11BrN2O/c13-9-3-1-8(2-4-9)10-5-6-15-12(16)11(10)7-14/h1-6H,7,14H2,(H,15,16). The fourth-order valence-corrected chi connectivity index (χ4v) is 1.88. The van der Waals surface area contributed by atoms with Crippen LogP contribution in [0.5, 0.6) is 0 Å². The zero-order valence-corrected chi connectivity index (χ0v) is 10.1. The Hall–Kier alpha value is -1.39. The first-order chi connectivity index (χ1) is 7.72. The molecule has 0 fully saturated rings. The topological polar surface area (TPSA) is 58.9 Å². The molecular weight excluding hydrogens is 268 g/mol. The molecule has 2 aromatic rings. The lowest BCUT2D eigenvalue weighted by atomic mass is 10.0. The van der Waals surface area contributed by atoms with Crippen LogP contribution < -0.4 is 11.3 Å². The van der Waals surface area contributed by atoms with Crippen LogP contribution in [0.4, 0.5) is 0 Å². The van der Waals surface area contributed by atoms with Gasteiger partial charge in [0.1, 0.15) is 0 Å². The SMILES string of the molecule is NCc1c(-c2ccc(Br)cc2)cc[nH]c1=O. The van der Waals surface area contributed by atoms with Crippen molar-refractivity contribution in [2.45, 2.75) is 6.54 Å². The van der Waals surface area contributed by atoms with Crippen LogP contribution in [0.15, 0.2) is 45.8 Å². The van der Waals surface area contributed by atoms with Gasteiger partial charge in [0, 0.05) is 22.8 Å². The number of benzene rings is 1. The molecule has 0 aliphatic heterocycles. The van der Waals surface area contributed by atoms with Gasteiger partial charge in [-0.15, -0.1) is 0 Å². The molecule has 4 heteroatoms. The van der Waals surface area contributed by atoms with E-state index in [4.69, 9.17) is 5.73 Å². The Morgan fingerprint density at radius 1 is 1.19 bits per heavy atom. The summed E-state index contributed by atoms with van der Waals surface area (Å²) >= 11 is 3.38. The van der Waals surface area contributed by atoms with Crippen LogP contribution in [0.25, 0.3) is 11.1 Å². The summed E-state index contributed by atoms with van der Waals surface area (Å²) in [6, 6.07) is 9.66. The molecule has 0 amide bonds. The Labute approximate surface area is 101 Å². The van der Waals surface area contributed by atoms with Crippen molar-refractivity contribution in [3.05, 3.63) is 56.9 Å². The van der Waals surface area contributed by atoms with E-state index in [0.29, 0.717) is 5.56 Å². The fraction of sp³-hybridized carbons (Fsp3) is 0.0833. The Morgan fingerprint density at radius 2 is 1.88 bits per heavy atom. The Balaban J connectivity index is 2.60. The second-order valence-electron chi connectivity index (χ2n) is 3.41. The largest absolute Gasteiger partial charge is 0.329 e. The molecular formula is C12H11BrN2O. The predicted molar refractivity (Wildman–Crippen MR) is 68.1 cm³/mol. The van der Waals surface area contributed by atoms with E-state index in [-0.39, 0.29) is 12.1 Å². The maximum Gasteiger partial charge on any atom is 0.253 e. The summed E-state index contributed by atoms with van der Waals surface area (Å²) in [5.41, 5.74) is 7.97. The van der Waals surface area contributed by atoms with Gasteiger partial charge in [-0.2, -0.15) is 0 Å². The minimum absolute atomic E-state index is 0.122. The summed E-state index contributed by atoms with van der Waals surface area (Å²) in [5, 5.41) is 0. The molecule has 1 heterocycles. The van der Waals surface area contributed by atoms with Gasteiger partial charge < -0.3 is 10.7 Å². The van der Waals surface area contributed by atoms with Crippen molar-refractivity contribution >= 4 is 15.9 Å². The van der Waals surface area contributed by atoms with Crippen LogP contribution in [0.2, 0.25) is 0 Å². The number of rotatable bonds is 2. The van der Waals surface area contributed by atoms with Gasteiger partial charge in [-0.3, -0.25) is 4.79 Å². The molecule has 16 heavy (non-hydrogen) atoms. The molecule has 0 saturated carbocycles. The number of pyridine rings is 1. The molecule has 1 aromatic carbocycles. The molecule has 0 unspecified atom stereocenters. The van der Waals surface area contributed by atoms with E-state index < -0.39 is 0 Å². The molecule has 3 N–H and O–H groups in total. The van der Waals surface area contributed by atoms with Crippen molar-refractivity contribution < 1.29 is 0 Å². The quantitative estimate of drug-likeness (QED) is 0.885. The molecule has 0 radical (unpaired) electrons. The first kappa shape index (κ1) is 11.1. The van der Waals surface area contributed by atoms with Crippen molar-refractivity contribution in [1.29, 1.82) is 0 Å². The zero-order chi connectivity index (χ0) is 11.5. The number of aromatic nitrogens is 1. The molecule has 1 aromatic heterocycles. The molecule has 3 nitrogen and oxygen atoms in total. The number of nitrogens with one attached hydrogen (secondary N) is 1. The average Bonchev–Trinajstić information content (AvgIpc) is 2.30. The molecule has 0 aliphatic rings. The van der Waals surface area contributed by atoms with Crippen LogP contribution in [-0.2, 0) is 6.54 Å². The minimum Gasteiger partial charge on any atom is -0.329 e. The van der Waals surface area contributed by atoms with E-state index >= 15 is 0 Å². The maximum absolute atomic E-state index is 11.6. The number of hydrogen-bond donors (Lipinski definition) is 2. The normalized spacial score (nSPS) is 10.4. The average molecular weight is 279 g/mol. The van der Waals surface area contributed by atoms with Crippen LogP contribution in [0.3, 0.4) is 0 Å². The van der Waals surface area contributed by atoms with Gasteiger partial charge in [0.15, 0.2) is 0 Å². The van der Waals surface area contributed by atoms with Crippen LogP contribution in [0, 0.1) is 0 Å². The van der Waals surface area contributed by atoms with Gasteiger partial charge in [-0.05, 0) is 29.3 Å². The first-order valence-electron chi connectivity index (χ1n) is 4.89. The fourth-order valence-electron chi connectivity index (χ4n) is 1.61. The molecule has 0 saturated heterocycles. The lowest BCUT2D eigenvalue weighted by Crippen LogP contribution is -2.16. The van der Waals surface area contributed by atoms with E-state index in [2.05, 4.69) is 20.9 Å². The minimum atomic E-state index is -0.122. The van der Waals surface area contributed by atoms with Crippen molar-refractivity contribution in [2.24, 2.45) is 5.73 Å². The van der Waals surface area contributed by atoms with E-state index in [1.807, 2.05) is 30.3 Å². The summed E-state index contributed by atoms with van der Waals surface area (Å²) in [7, 11) is 0. The molecule has 0 spiro atoms. The molecule has 0 bridgehead atoms. The predicted octanol–water partition coefficient (Wildman–Crippen LogP) is 2.26. The number of hydrogen-bond acceptors (Lipinski definition) is 2. The van der Waals surface area contributed by atoms with E-state index in [1.165, 1.54) is 0 Å². The molecule has 0 aliphatic carbocycles. The van der Waals surface area contributed by atoms with Gasteiger partial charge >= 0.3 is 0 Å². The third-order valence-electron chi connectivity index (χ3n) is 2.42. The van der Waals surface area contributed by atoms with Crippen LogP contribution in [0.1, 0.15) is 5.56 Å². The third-order valence-corrected chi connectivity index (χ3v) is 2.95. The maximum atomic E-state index is 11.6. The zero-order valence-electron chi connectivity index (χ0n) is 8.53. The van der Waals surface area contributed by atoms with Crippen molar-refractivity contribution in [3.8, 4) is 11.1 Å². The lowest BCUT2D eigenvalue weighted by Gasteiger charge is -2.06. The van der Waals surface area contributed by atoms with Crippen molar-refractivity contribution in [3.63, 3.8) is 0 Å². The van der Waals surface area contributed by atoms with Crippen molar-refractivity contribution in [1.82, 2.24) is 4.98 Å². The van der Waals surface area contributed by atoms with Gasteiger partial charge in [-0.25, -0.2) is 0 Å². The molecule has 82 valence electrons. The summed E-state index contributed by atoms with van der Waals surface area (Å²) < 4.78 is 1.01. The smallest absolute Gasteiger partial charge is 0.253 e. The summed E-state index contributed by atoms with van der Waals surface area (Å²) in [6.07, 6.45) is 1.64. The number of nitrogens with two attached hydrogens (primary N) is 1. The summed E-state index contributed by atoms with van der Waals surface area (Å²) in [6.45, 7) is 0.238. The third kappa shape index (κ3) is 2.08. The van der Waals surface area contributed by atoms with E-state index in [0.717, 1.165) is 15.6 Å². The number of aromatic amines is 1.